The van der Waals surface area contributed by atoms with Crippen LogP contribution in [0.1, 0.15) is 31.2 Å². The third kappa shape index (κ3) is 6.29. The van der Waals surface area contributed by atoms with Crippen molar-refractivity contribution in [2.75, 3.05) is 36.9 Å². The summed E-state index contributed by atoms with van der Waals surface area (Å²) in [7, 11) is 1.66. The fourth-order valence-corrected chi connectivity index (χ4v) is 4.76. The summed E-state index contributed by atoms with van der Waals surface area (Å²) in [5, 5.41) is 14.3. The van der Waals surface area contributed by atoms with Crippen molar-refractivity contribution in [3.8, 4) is 0 Å². The second-order valence-electron chi connectivity index (χ2n) is 9.58. The van der Waals surface area contributed by atoms with Gasteiger partial charge < -0.3 is 15.1 Å². The van der Waals surface area contributed by atoms with Crippen molar-refractivity contribution in [1.82, 2.24) is 9.96 Å². The van der Waals surface area contributed by atoms with Gasteiger partial charge in [-0.25, -0.2) is 5.06 Å². The van der Waals surface area contributed by atoms with Crippen molar-refractivity contribution in [3.05, 3.63) is 54.1 Å². The molecule has 0 aromatic heterocycles. The van der Waals surface area contributed by atoms with E-state index in [1.54, 1.807) is 7.05 Å². The highest BCUT2D eigenvalue weighted by Crippen LogP contribution is 2.35. The normalized spacial score (nSPS) is 19.4. The standard InChI is InChI=1S/C26H31F3N4O3/c1-31-17-19(4-11-24(31)34)25(35)33(36)16-18-2-5-21(6-3-18)30-22-7-9-23(10-8-22)32-14-12-20(13-15-32)26(27,28)29/h2-3,5-10,19-20,30,36H,4,11-17H2,1H3. The molecule has 194 valence electrons. The molecule has 2 aliphatic rings. The van der Waals surface area contributed by atoms with Crippen LogP contribution in [0.25, 0.3) is 0 Å². The highest BCUT2D eigenvalue weighted by atomic mass is 19.4. The third-order valence-corrected chi connectivity index (χ3v) is 7.00. The largest absolute Gasteiger partial charge is 0.391 e. The van der Waals surface area contributed by atoms with Gasteiger partial charge in [0.1, 0.15) is 0 Å². The molecule has 36 heavy (non-hydrogen) atoms. The van der Waals surface area contributed by atoms with Gasteiger partial charge >= 0.3 is 6.18 Å². The Balaban J connectivity index is 1.27. The highest BCUT2D eigenvalue weighted by molar-refractivity contribution is 5.83. The van der Waals surface area contributed by atoms with Gasteiger partial charge in [-0.05, 0) is 61.2 Å². The molecule has 2 heterocycles. The van der Waals surface area contributed by atoms with Gasteiger partial charge in [0.2, 0.25) is 5.91 Å². The molecule has 10 heteroatoms. The number of piperidine rings is 2. The van der Waals surface area contributed by atoms with Gasteiger partial charge in [0.05, 0.1) is 18.4 Å². The number of amides is 2. The van der Waals surface area contributed by atoms with Gasteiger partial charge in [0.25, 0.3) is 5.91 Å². The van der Waals surface area contributed by atoms with E-state index < -0.39 is 18.0 Å². The Hall–Kier alpha value is -3.27. The first-order valence-corrected chi connectivity index (χ1v) is 12.1. The molecule has 0 bridgehead atoms. The Morgan fingerprint density at radius 1 is 1.03 bits per heavy atom. The van der Waals surface area contributed by atoms with Crippen LogP contribution in [-0.4, -0.2) is 59.8 Å². The molecule has 7 nitrogen and oxygen atoms in total. The summed E-state index contributed by atoms with van der Waals surface area (Å²) in [6, 6.07) is 14.9. The van der Waals surface area contributed by atoms with E-state index >= 15 is 0 Å². The number of rotatable bonds is 6. The Labute approximate surface area is 208 Å². The van der Waals surface area contributed by atoms with E-state index in [1.807, 2.05) is 53.4 Å². The van der Waals surface area contributed by atoms with Crippen LogP contribution in [0.15, 0.2) is 48.5 Å². The second-order valence-corrected chi connectivity index (χ2v) is 9.58. The molecule has 4 rings (SSSR count). The monoisotopic (exact) mass is 504 g/mol. The molecule has 2 aliphatic heterocycles. The first-order valence-electron chi connectivity index (χ1n) is 12.1. The number of hydroxylamine groups is 2. The number of anilines is 3. The summed E-state index contributed by atoms with van der Waals surface area (Å²) in [4.78, 5) is 27.6. The zero-order valence-electron chi connectivity index (χ0n) is 20.2. The Kier molecular flexibility index (Phi) is 7.73. The lowest BCUT2D eigenvalue weighted by molar-refractivity contribution is -0.179. The van der Waals surface area contributed by atoms with E-state index in [-0.39, 0.29) is 31.2 Å². The SMILES string of the molecule is CN1CC(C(=O)N(O)Cc2ccc(Nc3ccc(N4CCC(C(F)(F)F)CC4)cc3)cc2)CCC1=O. The number of hydrogen-bond acceptors (Lipinski definition) is 5. The summed E-state index contributed by atoms with van der Waals surface area (Å²) in [5.41, 5.74) is 3.32. The number of nitrogens with zero attached hydrogens (tertiary/aromatic N) is 3. The van der Waals surface area contributed by atoms with E-state index in [1.165, 1.54) is 4.90 Å². The number of halogens is 3. The van der Waals surface area contributed by atoms with Crippen molar-refractivity contribution < 1.29 is 28.0 Å². The number of likely N-dealkylation sites (tertiary alicyclic amines) is 1. The predicted molar refractivity (Wildman–Crippen MR) is 130 cm³/mol. The zero-order chi connectivity index (χ0) is 25.9. The molecule has 2 N–H and O–H groups in total. The maximum absolute atomic E-state index is 12.9. The Bertz CT molecular complexity index is 1050. The molecule has 1 unspecified atom stereocenters. The molecule has 2 saturated heterocycles. The average Bonchev–Trinajstić information content (AvgIpc) is 2.86. The van der Waals surface area contributed by atoms with Crippen LogP contribution in [0.3, 0.4) is 0 Å². The Morgan fingerprint density at radius 3 is 2.17 bits per heavy atom. The van der Waals surface area contributed by atoms with Gasteiger partial charge in [0, 0.05) is 50.2 Å². The first kappa shape index (κ1) is 25.8. The minimum absolute atomic E-state index is 0.00633. The van der Waals surface area contributed by atoms with Crippen molar-refractivity contribution in [3.63, 3.8) is 0 Å². The van der Waals surface area contributed by atoms with Crippen molar-refractivity contribution in [1.29, 1.82) is 0 Å². The topological polar surface area (TPSA) is 76.1 Å². The molecule has 0 radical (unpaired) electrons. The quantitative estimate of drug-likeness (QED) is 0.437. The highest BCUT2D eigenvalue weighted by Gasteiger charge is 2.41. The molecule has 2 amide bonds. The minimum Gasteiger partial charge on any atom is -0.372 e. The summed E-state index contributed by atoms with van der Waals surface area (Å²) in [5.74, 6) is -2.00. The lowest BCUT2D eigenvalue weighted by Crippen LogP contribution is -2.44. The fourth-order valence-electron chi connectivity index (χ4n) is 4.76. The third-order valence-electron chi connectivity index (χ3n) is 7.00. The molecule has 0 aliphatic carbocycles. The summed E-state index contributed by atoms with van der Waals surface area (Å²) >= 11 is 0. The van der Waals surface area contributed by atoms with Crippen LogP contribution in [0.5, 0.6) is 0 Å². The van der Waals surface area contributed by atoms with Crippen LogP contribution in [0, 0.1) is 11.8 Å². The number of benzene rings is 2. The maximum Gasteiger partial charge on any atom is 0.391 e. The van der Waals surface area contributed by atoms with Gasteiger partial charge in [-0.1, -0.05) is 12.1 Å². The zero-order valence-corrected chi connectivity index (χ0v) is 20.2. The fraction of sp³-hybridized carbons (Fsp3) is 0.462. The van der Waals surface area contributed by atoms with E-state index in [4.69, 9.17) is 0 Å². The lowest BCUT2D eigenvalue weighted by atomic mass is 9.96. The number of nitrogens with one attached hydrogen (secondary N) is 1. The molecule has 0 spiro atoms. The van der Waals surface area contributed by atoms with Crippen molar-refractivity contribution in [2.24, 2.45) is 11.8 Å². The summed E-state index contributed by atoms with van der Waals surface area (Å²) in [6.45, 7) is 1.13. The van der Waals surface area contributed by atoms with E-state index in [0.717, 1.165) is 22.6 Å². The maximum atomic E-state index is 12.9. The molecule has 1 atom stereocenters. The lowest BCUT2D eigenvalue weighted by Gasteiger charge is -2.34. The average molecular weight is 505 g/mol. The van der Waals surface area contributed by atoms with Crippen molar-refractivity contribution in [2.45, 2.75) is 38.4 Å². The molecule has 2 fully saturated rings. The number of hydrogen-bond donors (Lipinski definition) is 2. The molecule has 0 saturated carbocycles. The van der Waals surface area contributed by atoms with Crippen LogP contribution in [0.2, 0.25) is 0 Å². The van der Waals surface area contributed by atoms with E-state index in [2.05, 4.69) is 5.32 Å². The minimum atomic E-state index is -4.12. The number of carbonyl (C=O) groups excluding carboxylic acids is 2. The van der Waals surface area contributed by atoms with E-state index in [9.17, 15) is 28.0 Å². The molecule has 2 aromatic rings. The summed E-state index contributed by atoms with van der Waals surface area (Å²) < 4.78 is 38.7. The molecular weight excluding hydrogens is 473 g/mol. The molecular formula is C26H31F3N4O3. The van der Waals surface area contributed by atoms with Crippen LogP contribution < -0.4 is 10.2 Å². The number of carbonyl (C=O) groups is 2. The van der Waals surface area contributed by atoms with Gasteiger partial charge in [-0.2, -0.15) is 13.2 Å². The second kappa shape index (κ2) is 10.8. The molecule has 2 aromatic carbocycles. The van der Waals surface area contributed by atoms with Gasteiger partial charge in [-0.15, -0.1) is 0 Å². The van der Waals surface area contributed by atoms with E-state index in [0.29, 0.717) is 37.5 Å². The van der Waals surface area contributed by atoms with Gasteiger partial charge in [-0.3, -0.25) is 14.8 Å². The van der Waals surface area contributed by atoms with Crippen LogP contribution >= 0.6 is 0 Å². The van der Waals surface area contributed by atoms with Crippen LogP contribution in [0.4, 0.5) is 30.2 Å². The summed E-state index contributed by atoms with van der Waals surface area (Å²) in [6.07, 6.45) is -3.14. The smallest absolute Gasteiger partial charge is 0.372 e. The van der Waals surface area contributed by atoms with Gasteiger partial charge in [0.15, 0.2) is 0 Å². The first-order chi connectivity index (χ1) is 17.1. The Morgan fingerprint density at radius 2 is 1.61 bits per heavy atom. The van der Waals surface area contributed by atoms with Crippen LogP contribution in [-0.2, 0) is 16.1 Å². The van der Waals surface area contributed by atoms with Crippen molar-refractivity contribution >= 4 is 28.9 Å². The predicted octanol–water partition coefficient (Wildman–Crippen LogP) is 4.80. The number of alkyl halides is 3.